The van der Waals surface area contributed by atoms with Crippen LogP contribution in [0.15, 0.2) is 0 Å². The largest absolute Gasteiger partial charge is 0.481 e. The zero-order chi connectivity index (χ0) is 20.9. The van der Waals surface area contributed by atoms with E-state index in [2.05, 4.69) is 0 Å². The minimum absolute atomic E-state index is 0.0482. The highest BCUT2D eigenvalue weighted by Crippen LogP contribution is 2.36. The first-order chi connectivity index (χ1) is 13.2. The number of likely N-dealkylation sites (tertiary alicyclic amines) is 2. The van der Waals surface area contributed by atoms with Crippen molar-refractivity contribution in [1.29, 1.82) is 0 Å². The zero-order valence-corrected chi connectivity index (χ0v) is 15.5. The number of aliphatic carboxylic acids is 2. The summed E-state index contributed by atoms with van der Waals surface area (Å²) in [5.74, 6) is -5.29. The summed E-state index contributed by atoms with van der Waals surface area (Å²) in [6.07, 6.45) is 1.72. The van der Waals surface area contributed by atoms with Crippen LogP contribution in [0.5, 0.6) is 0 Å². The van der Waals surface area contributed by atoms with Crippen molar-refractivity contribution >= 4 is 35.6 Å². The molecule has 10 nitrogen and oxygen atoms in total. The number of carboxylic acid groups (broad SMARTS) is 2. The van der Waals surface area contributed by atoms with Crippen molar-refractivity contribution in [2.24, 2.45) is 0 Å². The summed E-state index contributed by atoms with van der Waals surface area (Å²) in [5, 5.41) is 18.6. The first-order valence-electron chi connectivity index (χ1n) is 9.38. The number of hydrogen-bond acceptors (Lipinski definition) is 6. The van der Waals surface area contributed by atoms with E-state index in [1.807, 2.05) is 0 Å². The van der Waals surface area contributed by atoms with Crippen molar-refractivity contribution < 1.29 is 39.0 Å². The maximum Gasteiger partial charge on any atom is 0.351 e. The van der Waals surface area contributed by atoms with Gasteiger partial charge in [0, 0.05) is 38.5 Å². The number of amides is 4. The topological polar surface area (TPSA) is 149 Å². The van der Waals surface area contributed by atoms with Crippen molar-refractivity contribution in [2.75, 3.05) is 0 Å². The lowest BCUT2D eigenvalue weighted by molar-refractivity contribution is -0.184. The fourth-order valence-corrected chi connectivity index (χ4v) is 3.78. The average molecular weight is 396 g/mol. The van der Waals surface area contributed by atoms with E-state index in [9.17, 15) is 33.9 Å². The molecule has 0 radical (unpaired) electrons. The smallest absolute Gasteiger partial charge is 0.351 e. The molecule has 2 fully saturated rings. The quantitative estimate of drug-likeness (QED) is 0.386. The standard InChI is InChI=1S/C18H24N2O8/c21-12-7-8-13(22)19(12)18(17(27)28,20-14(23)9-10-15(20)24)11-5-3-1-2-4-6-16(25)26/h1-11H2,(H,25,26)(H,27,28). The van der Waals surface area contributed by atoms with Gasteiger partial charge in [0.25, 0.3) is 0 Å². The molecule has 28 heavy (non-hydrogen) atoms. The molecular formula is C18H24N2O8. The first kappa shape index (κ1) is 21.5. The minimum Gasteiger partial charge on any atom is -0.481 e. The second-order valence-electron chi connectivity index (χ2n) is 7.03. The van der Waals surface area contributed by atoms with Gasteiger partial charge in [-0.3, -0.25) is 24.0 Å². The summed E-state index contributed by atoms with van der Waals surface area (Å²) in [6.45, 7) is 0. The van der Waals surface area contributed by atoms with Crippen LogP contribution in [-0.2, 0) is 28.8 Å². The maximum atomic E-state index is 12.3. The van der Waals surface area contributed by atoms with E-state index in [1.54, 1.807) is 0 Å². The fraction of sp³-hybridized carbons (Fsp3) is 0.667. The molecule has 0 aromatic rings. The number of rotatable bonds is 11. The highest BCUT2D eigenvalue weighted by atomic mass is 16.4. The predicted octanol–water partition coefficient (Wildman–Crippen LogP) is 0.881. The molecule has 0 bridgehead atoms. The van der Waals surface area contributed by atoms with Crippen molar-refractivity contribution in [3.8, 4) is 0 Å². The molecule has 2 saturated heterocycles. The number of imide groups is 2. The Kier molecular flexibility index (Phi) is 6.87. The Bertz CT molecular complexity index is 634. The van der Waals surface area contributed by atoms with Crippen molar-refractivity contribution in [1.82, 2.24) is 9.80 Å². The molecule has 10 heteroatoms. The molecule has 0 saturated carbocycles. The summed E-state index contributed by atoms with van der Waals surface area (Å²) in [6, 6.07) is 0. The number of unbranched alkanes of at least 4 members (excludes halogenated alkanes) is 4. The lowest BCUT2D eigenvalue weighted by Crippen LogP contribution is -2.68. The number of hydrogen-bond donors (Lipinski definition) is 2. The molecule has 2 rings (SSSR count). The molecular weight excluding hydrogens is 372 g/mol. The lowest BCUT2D eigenvalue weighted by Gasteiger charge is -2.42. The molecule has 154 valence electrons. The Morgan fingerprint density at radius 3 is 1.50 bits per heavy atom. The third-order valence-corrected chi connectivity index (χ3v) is 5.10. The molecule has 2 N–H and O–H groups in total. The van der Waals surface area contributed by atoms with Crippen molar-refractivity contribution in [3.05, 3.63) is 0 Å². The van der Waals surface area contributed by atoms with Gasteiger partial charge in [0.1, 0.15) is 0 Å². The van der Waals surface area contributed by atoms with Crippen LogP contribution in [0.4, 0.5) is 0 Å². The Labute approximate surface area is 161 Å². The third-order valence-electron chi connectivity index (χ3n) is 5.10. The normalized spacial score (nSPS) is 17.7. The van der Waals surface area contributed by atoms with Crippen LogP contribution in [0.3, 0.4) is 0 Å². The molecule has 4 amide bonds. The van der Waals surface area contributed by atoms with Gasteiger partial charge >= 0.3 is 11.9 Å². The monoisotopic (exact) mass is 396 g/mol. The van der Waals surface area contributed by atoms with Gasteiger partial charge in [-0.05, 0) is 12.8 Å². The summed E-state index contributed by atoms with van der Waals surface area (Å²) in [7, 11) is 0. The molecule has 2 aliphatic heterocycles. The number of nitrogens with zero attached hydrogens (tertiary/aromatic N) is 2. The van der Waals surface area contributed by atoms with Gasteiger partial charge in [-0.25, -0.2) is 14.6 Å². The fourth-order valence-electron chi connectivity index (χ4n) is 3.78. The van der Waals surface area contributed by atoms with Gasteiger partial charge in [0.15, 0.2) is 0 Å². The van der Waals surface area contributed by atoms with Gasteiger partial charge in [0.2, 0.25) is 29.3 Å². The number of carboxylic acids is 2. The van der Waals surface area contributed by atoms with Gasteiger partial charge in [-0.2, -0.15) is 0 Å². The summed E-state index contributed by atoms with van der Waals surface area (Å²) in [5.41, 5.74) is -2.32. The van der Waals surface area contributed by atoms with Crippen LogP contribution in [-0.4, -0.2) is 61.2 Å². The van der Waals surface area contributed by atoms with Crippen LogP contribution in [0.25, 0.3) is 0 Å². The van der Waals surface area contributed by atoms with Crippen LogP contribution < -0.4 is 0 Å². The van der Waals surface area contributed by atoms with E-state index in [1.165, 1.54) is 0 Å². The average Bonchev–Trinajstić information content (AvgIpc) is 3.13. The van der Waals surface area contributed by atoms with Crippen molar-refractivity contribution in [3.63, 3.8) is 0 Å². The number of carbonyl (C=O) groups is 6. The van der Waals surface area contributed by atoms with E-state index in [0.717, 1.165) is 0 Å². The Morgan fingerprint density at radius 1 is 0.714 bits per heavy atom. The summed E-state index contributed by atoms with van der Waals surface area (Å²) in [4.78, 5) is 73.1. The second kappa shape index (κ2) is 8.94. The van der Waals surface area contributed by atoms with E-state index in [4.69, 9.17) is 5.11 Å². The molecule has 0 spiro atoms. The van der Waals surface area contributed by atoms with Gasteiger partial charge in [0.05, 0.1) is 0 Å². The summed E-state index contributed by atoms with van der Waals surface area (Å²) >= 11 is 0. The predicted molar refractivity (Wildman–Crippen MR) is 92.5 cm³/mol. The Hall–Kier alpha value is -2.78. The SMILES string of the molecule is O=C(O)CCCCCCCC(C(=O)O)(N1C(=O)CCC1=O)N1C(=O)CCC1=O. The Balaban J connectivity index is 2.18. The molecule has 0 atom stereocenters. The van der Waals surface area contributed by atoms with Crippen LogP contribution >= 0.6 is 0 Å². The van der Waals surface area contributed by atoms with Gasteiger partial charge in [-0.15, -0.1) is 0 Å². The minimum atomic E-state index is -2.32. The molecule has 0 aromatic heterocycles. The van der Waals surface area contributed by atoms with E-state index in [-0.39, 0.29) is 44.9 Å². The molecule has 2 aliphatic rings. The number of carbonyl (C=O) groups excluding carboxylic acids is 4. The van der Waals surface area contributed by atoms with E-state index < -0.39 is 41.2 Å². The van der Waals surface area contributed by atoms with Gasteiger partial charge < -0.3 is 10.2 Å². The first-order valence-corrected chi connectivity index (χ1v) is 9.38. The third kappa shape index (κ3) is 4.20. The van der Waals surface area contributed by atoms with Crippen LogP contribution in [0.2, 0.25) is 0 Å². The second-order valence-corrected chi connectivity index (χ2v) is 7.03. The molecule has 0 aliphatic carbocycles. The van der Waals surface area contributed by atoms with Gasteiger partial charge in [-0.1, -0.05) is 19.3 Å². The molecule has 0 aromatic carbocycles. The molecule has 0 unspecified atom stereocenters. The molecule has 2 heterocycles. The highest BCUT2D eigenvalue weighted by Gasteiger charge is 2.60. The van der Waals surface area contributed by atoms with Crippen LogP contribution in [0, 0.1) is 0 Å². The highest BCUT2D eigenvalue weighted by molar-refractivity contribution is 6.11. The maximum absolute atomic E-state index is 12.3. The van der Waals surface area contributed by atoms with E-state index in [0.29, 0.717) is 35.5 Å². The summed E-state index contributed by atoms with van der Waals surface area (Å²) < 4.78 is 0. The zero-order valence-electron chi connectivity index (χ0n) is 15.5. The lowest BCUT2D eigenvalue weighted by atomic mass is 9.96. The van der Waals surface area contributed by atoms with Crippen molar-refractivity contribution in [2.45, 2.75) is 76.3 Å². The van der Waals surface area contributed by atoms with Crippen LogP contribution in [0.1, 0.15) is 70.6 Å². The Morgan fingerprint density at radius 2 is 1.11 bits per heavy atom. The van der Waals surface area contributed by atoms with E-state index >= 15 is 0 Å².